The van der Waals surface area contributed by atoms with Crippen LogP contribution in [0.2, 0.25) is 0 Å². The van der Waals surface area contributed by atoms with Gasteiger partial charge in [-0.15, -0.1) is 0 Å². The van der Waals surface area contributed by atoms with Gasteiger partial charge in [0, 0.05) is 6.54 Å². The van der Waals surface area contributed by atoms with Gasteiger partial charge in [-0.25, -0.2) is 4.79 Å². The summed E-state index contributed by atoms with van der Waals surface area (Å²) >= 11 is 0. The van der Waals surface area contributed by atoms with Gasteiger partial charge in [0.1, 0.15) is 6.61 Å². The van der Waals surface area contributed by atoms with Gasteiger partial charge in [-0.1, -0.05) is 51.1 Å². The van der Waals surface area contributed by atoms with Crippen molar-refractivity contribution in [2.75, 3.05) is 6.54 Å². The Morgan fingerprint density at radius 2 is 1.88 bits per heavy atom. The van der Waals surface area contributed by atoms with Crippen molar-refractivity contribution in [2.24, 2.45) is 0 Å². The zero-order chi connectivity index (χ0) is 12.2. The number of amides is 1. The third-order valence-electron chi connectivity index (χ3n) is 1.73. The lowest BCUT2D eigenvalue weighted by Crippen LogP contribution is -2.24. The molecule has 0 radical (unpaired) electrons. The highest BCUT2D eigenvalue weighted by molar-refractivity contribution is 5.67. The molecule has 1 aromatic rings. The molecular formula is C13H21NO2. The Kier molecular flexibility index (Phi) is 9.08. The number of hydrogen-bond donors (Lipinski definition) is 1. The molecule has 1 N–H and O–H groups in total. The van der Waals surface area contributed by atoms with Gasteiger partial charge in [0.25, 0.3) is 0 Å². The summed E-state index contributed by atoms with van der Waals surface area (Å²) in [6, 6.07) is 9.62. The molecule has 1 amide bonds. The minimum atomic E-state index is -0.351. The molecule has 3 heteroatoms. The van der Waals surface area contributed by atoms with Crippen molar-refractivity contribution in [1.82, 2.24) is 5.32 Å². The molecule has 0 bridgehead atoms. The van der Waals surface area contributed by atoms with Gasteiger partial charge in [0.05, 0.1) is 0 Å². The molecule has 0 saturated heterocycles. The Labute approximate surface area is 97.8 Å². The third-order valence-corrected chi connectivity index (χ3v) is 1.73. The minimum absolute atomic E-state index is 0.330. The van der Waals surface area contributed by atoms with E-state index in [9.17, 15) is 4.79 Å². The summed E-state index contributed by atoms with van der Waals surface area (Å²) in [6.45, 7) is 6.99. The van der Waals surface area contributed by atoms with Crippen molar-refractivity contribution in [3.05, 3.63) is 35.9 Å². The van der Waals surface area contributed by atoms with Crippen LogP contribution in [0.5, 0.6) is 0 Å². The molecule has 0 aliphatic heterocycles. The second-order valence-electron chi connectivity index (χ2n) is 2.99. The maximum atomic E-state index is 11.0. The Balaban J connectivity index is 0.00000106. The summed E-state index contributed by atoms with van der Waals surface area (Å²) in [5, 5.41) is 2.64. The molecule has 0 unspecified atom stereocenters. The molecule has 3 nitrogen and oxygen atoms in total. The molecule has 0 aromatic heterocycles. The highest BCUT2D eigenvalue weighted by Gasteiger charge is 1.99. The average Bonchev–Trinajstić information content (AvgIpc) is 2.37. The van der Waals surface area contributed by atoms with E-state index in [0.29, 0.717) is 13.2 Å². The molecule has 90 valence electrons. The van der Waals surface area contributed by atoms with Crippen LogP contribution in [-0.4, -0.2) is 12.6 Å². The summed E-state index contributed by atoms with van der Waals surface area (Å²) in [4.78, 5) is 11.0. The lowest BCUT2D eigenvalue weighted by molar-refractivity contribution is 0.139. The second-order valence-corrected chi connectivity index (χ2v) is 2.99. The van der Waals surface area contributed by atoms with Gasteiger partial charge in [-0.3, -0.25) is 0 Å². The Morgan fingerprint density at radius 1 is 1.25 bits per heavy atom. The van der Waals surface area contributed by atoms with Crippen molar-refractivity contribution < 1.29 is 9.53 Å². The normalized spacial score (nSPS) is 8.69. The van der Waals surface area contributed by atoms with E-state index in [-0.39, 0.29) is 6.09 Å². The maximum absolute atomic E-state index is 11.0. The SMILES string of the molecule is CC.CCCNC(=O)OCc1ccccc1. The predicted octanol–water partition coefficient (Wildman–Crippen LogP) is 3.35. The van der Waals surface area contributed by atoms with Crippen LogP contribution in [0.15, 0.2) is 30.3 Å². The van der Waals surface area contributed by atoms with Gasteiger partial charge < -0.3 is 10.1 Å². The van der Waals surface area contributed by atoms with Crippen molar-refractivity contribution in [3.63, 3.8) is 0 Å². The predicted molar refractivity (Wildman–Crippen MR) is 66.3 cm³/mol. The number of ether oxygens (including phenoxy) is 1. The molecule has 0 saturated carbocycles. The van der Waals surface area contributed by atoms with Crippen LogP contribution in [0, 0.1) is 0 Å². The first-order chi connectivity index (χ1) is 7.83. The topological polar surface area (TPSA) is 38.3 Å². The first kappa shape index (κ1) is 14.5. The fourth-order valence-electron chi connectivity index (χ4n) is 1.00. The van der Waals surface area contributed by atoms with Crippen molar-refractivity contribution in [2.45, 2.75) is 33.8 Å². The van der Waals surface area contributed by atoms with Crippen LogP contribution < -0.4 is 5.32 Å². The Hall–Kier alpha value is -1.51. The van der Waals surface area contributed by atoms with E-state index < -0.39 is 0 Å². The number of hydrogen-bond acceptors (Lipinski definition) is 2. The van der Waals surface area contributed by atoms with E-state index in [4.69, 9.17) is 4.74 Å². The Bertz CT molecular complexity index is 273. The zero-order valence-corrected chi connectivity index (χ0v) is 10.3. The quantitative estimate of drug-likeness (QED) is 0.850. The lowest BCUT2D eigenvalue weighted by Gasteiger charge is -2.05. The van der Waals surface area contributed by atoms with Crippen LogP contribution in [0.1, 0.15) is 32.8 Å². The first-order valence-corrected chi connectivity index (χ1v) is 5.77. The average molecular weight is 223 g/mol. The molecule has 0 heterocycles. The number of benzene rings is 1. The van der Waals surface area contributed by atoms with Crippen LogP contribution in [-0.2, 0) is 11.3 Å². The number of carbonyl (C=O) groups is 1. The molecule has 0 aliphatic carbocycles. The van der Waals surface area contributed by atoms with Gasteiger partial charge in [-0.05, 0) is 12.0 Å². The molecule has 0 fully saturated rings. The first-order valence-electron chi connectivity index (χ1n) is 5.77. The monoisotopic (exact) mass is 223 g/mol. The summed E-state index contributed by atoms with van der Waals surface area (Å²) < 4.78 is 4.98. The summed E-state index contributed by atoms with van der Waals surface area (Å²) in [6.07, 6.45) is 0.566. The molecular weight excluding hydrogens is 202 g/mol. The van der Waals surface area contributed by atoms with Gasteiger partial charge in [-0.2, -0.15) is 0 Å². The molecule has 0 atom stereocenters. The Morgan fingerprint density at radius 3 is 2.44 bits per heavy atom. The minimum Gasteiger partial charge on any atom is -0.445 e. The summed E-state index contributed by atoms with van der Waals surface area (Å²) in [5.41, 5.74) is 0.999. The highest BCUT2D eigenvalue weighted by atomic mass is 16.5. The van der Waals surface area contributed by atoms with Crippen molar-refractivity contribution in [3.8, 4) is 0 Å². The van der Waals surface area contributed by atoms with Gasteiger partial charge >= 0.3 is 6.09 Å². The van der Waals surface area contributed by atoms with E-state index in [1.54, 1.807) is 0 Å². The standard InChI is InChI=1S/C11H15NO2.C2H6/c1-2-8-12-11(13)14-9-10-6-4-3-5-7-10;1-2/h3-7H,2,8-9H2,1H3,(H,12,13);1-2H3. The van der Waals surface area contributed by atoms with Crippen LogP contribution in [0.25, 0.3) is 0 Å². The van der Waals surface area contributed by atoms with Gasteiger partial charge in [0.2, 0.25) is 0 Å². The molecule has 1 rings (SSSR count). The van der Waals surface area contributed by atoms with E-state index in [1.165, 1.54) is 0 Å². The second kappa shape index (κ2) is 10.0. The molecule has 0 aliphatic rings. The number of alkyl carbamates (subject to hydrolysis) is 1. The third kappa shape index (κ3) is 6.87. The summed E-state index contributed by atoms with van der Waals surface area (Å²) in [5.74, 6) is 0. The van der Waals surface area contributed by atoms with Crippen LogP contribution in [0.4, 0.5) is 4.79 Å². The van der Waals surface area contributed by atoms with Crippen molar-refractivity contribution >= 4 is 6.09 Å². The fourth-order valence-corrected chi connectivity index (χ4v) is 1.00. The number of carbonyl (C=O) groups excluding carboxylic acids is 1. The van der Waals surface area contributed by atoms with E-state index in [0.717, 1.165) is 12.0 Å². The molecule has 1 aromatic carbocycles. The number of rotatable bonds is 4. The molecule has 16 heavy (non-hydrogen) atoms. The van der Waals surface area contributed by atoms with Gasteiger partial charge in [0.15, 0.2) is 0 Å². The van der Waals surface area contributed by atoms with Crippen LogP contribution >= 0.6 is 0 Å². The zero-order valence-electron chi connectivity index (χ0n) is 10.3. The lowest BCUT2D eigenvalue weighted by atomic mass is 10.2. The van der Waals surface area contributed by atoms with Crippen molar-refractivity contribution in [1.29, 1.82) is 0 Å². The van der Waals surface area contributed by atoms with E-state index >= 15 is 0 Å². The largest absolute Gasteiger partial charge is 0.445 e. The highest BCUT2D eigenvalue weighted by Crippen LogP contribution is 2.00. The number of nitrogens with one attached hydrogen (secondary N) is 1. The maximum Gasteiger partial charge on any atom is 0.407 e. The summed E-state index contributed by atoms with van der Waals surface area (Å²) in [7, 11) is 0. The van der Waals surface area contributed by atoms with E-state index in [1.807, 2.05) is 51.1 Å². The molecule has 0 spiro atoms. The van der Waals surface area contributed by atoms with Crippen LogP contribution in [0.3, 0.4) is 0 Å². The smallest absolute Gasteiger partial charge is 0.407 e. The van der Waals surface area contributed by atoms with E-state index in [2.05, 4.69) is 5.32 Å². The fraction of sp³-hybridized carbons (Fsp3) is 0.462.